The third kappa shape index (κ3) is 2.99. The smallest absolute Gasteiger partial charge is 0.244 e. The molecule has 22 heavy (non-hydrogen) atoms. The van der Waals surface area contributed by atoms with Gasteiger partial charge in [0.05, 0.1) is 28.3 Å². The topological polar surface area (TPSA) is 66.8 Å². The highest BCUT2D eigenvalue weighted by atomic mass is 35.5. The van der Waals surface area contributed by atoms with Crippen LogP contribution in [-0.2, 0) is 14.6 Å². The van der Waals surface area contributed by atoms with Gasteiger partial charge in [-0.1, -0.05) is 35.0 Å². The summed E-state index contributed by atoms with van der Waals surface area (Å²) in [5.74, 6) is -0.244. The van der Waals surface area contributed by atoms with Crippen LogP contribution in [0.5, 0.6) is 0 Å². The second kappa shape index (κ2) is 5.70. The second-order valence-corrected chi connectivity index (χ2v) is 9.38. The first kappa shape index (κ1) is 16.1. The van der Waals surface area contributed by atoms with Crippen LogP contribution in [0.1, 0.15) is 6.92 Å². The first-order valence-corrected chi connectivity index (χ1v) is 9.93. The number of hydrogen-bond acceptors (Lipinski definition) is 4. The molecule has 2 aliphatic rings. The van der Waals surface area contributed by atoms with Crippen molar-refractivity contribution in [2.45, 2.75) is 18.2 Å². The minimum Gasteiger partial charge on any atom is -0.314 e. The van der Waals surface area contributed by atoms with Gasteiger partial charge in [0.25, 0.3) is 0 Å². The molecule has 2 fully saturated rings. The Morgan fingerprint density at radius 1 is 1.36 bits per heavy atom. The van der Waals surface area contributed by atoms with Crippen molar-refractivity contribution in [3.63, 3.8) is 0 Å². The van der Waals surface area contributed by atoms with E-state index in [4.69, 9.17) is 23.2 Å². The molecule has 3 rings (SSSR count). The molecule has 5 nitrogen and oxygen atoms in total. The zero-order chi connectivity index (χ0) is 16.1. The summed E-state index contributed by atoms with van der Waals surface area (Å²) in [7, 11) is -3.10. The van der Waals surface area contributed by atoms with Crippen molar-refractivity contribution in [2.75, 3.05) is 16.4 Å². The number of amidine groups is 1. The van der Waals surface area contributed by atoms with Gasteiger partial charge in [0, 0.05) is 17.2 Å². The Morgan fingerprint density at radius 2 is 2.09 bits per heavy atom. The number of hydrogen-bond donors (Lipinski definition) is 0. The van der Waals surface area contributed by atoms with Crippen molar-refractivity contribution in [1.29, 1.82) is 0 Å². The fourth-order valence-electron chi connectivity index (χ4n) is 2.65. The second-order valence-electron chi connectivity index (χ2n) is 5.18. The SMILES string of the molecule is CC(=O)N=C1S[C@H]2CS(=O)(=O)C[C@H]2N1c1cc(Cl)ccc1Cl. The van der Waals surface area contributed by atoms with Gasteiger partial charge in [0.2, 0.25) is 5.91 Å². The average Bonchev–Trinajstić information content (AvgIpc) is 2.83. The normalized spacial score (nSPS) is 28.1. The Hall–Kier alpha value is -0.760. The molecular formula is C13H12Cl2N2O3S2. The Morgan fingerprint density at radius 3 is 2.77 bits per heavy atom. The summed E-state index contributed by atoms with van der Waals surface area (Å²) >= 11 is 13.6. The third-order valence-electron chi connectivity index (χ3n) is 3.49. The summed E-state index contributed by atoms with van der Waals surface area (Å²) in [5.41, 5.74) is 0.575. The highest BCUT2D eigenvalue weighted by molar-refractivity contribution is 8.16. The van der Waals surface area contributed by atoms with E-state index in [1.807, 2.05) is 0 Å². The summed E-state index contributed by atoms with van der Waals surface area (Å²) < 4.78 is 23.8. The number of sulfone groups is 1. The molecule has 0 spiro atoms. The highest BCUT2D eigenvalue weighted by Crippen LogP contribution is 2.43. The minimum atomic E-state index is -3.10. The molecule has 2 aliphatic heterocycles. The van der Waals surface area contributed by atoms with Gasteiger partial charge >= 0.3 is 0 Å². The number of rotatable bonds is 1. The molecule has 1 aromatic rings. The number of thioether (sulfide) groups is 1. The molecule has 1 aromatic carbocycles. The van der Waals surface area contributed by atoms with Gasteiger partial charge in [-0.05, 0) is 18.2 Å². The van der Waals surface area contributed by atoms with E-state index in [1.54, 1.807) is 23.1 Å². The van der Waals surface area contributed by atoms with Gasteiger partial charge in [-0.3, -0.25) is 4.79 Å². The van der Waals surface area contributed by atoms with E-state index >= 15 is 0 Å². The lowest BCUT2D eigenvalue weighted by molar-refractivity contribution is -0.115. The fraction of sp³-hybridized carbons (Fsp3) is 0.385. The zero-order valence-corrected chi connectivity index (χ0v) is 14.6. The number of amides is 1. The summed E-state index contributed by atoms with van der Waals surface area (Å²) in [4.78, 5) is 17.1. The highest BCUT2D eigenvalue weighted by Gasteiger charge is 2.49. The third-order valence-corrected chi connectivity index (χ3v) is 7.25. The lowest BCUT2D eigenvalue weighted by Crippen LogP contribution is -2.37. The van der Waals surface area contributed by atoms with Gasteiger partial charge in [0.1, 0.15) is 0 Å². The number of carbonyl (C=O) groups excluding carboxylic acids is 1. The number of nitrogens with zero attached hydrogens (tertiary/aromatic N) is 2. The molecule has 1 amide bonds. The predicted molar refractivity (Wildman–Crippen MR) is 90.9 cm³/mol. The van der Waals surface area contributed by atoms with Crippen molar-refractivity contribution < 1.29 is 13.2 Å². The van der Waals surface area contributed by atoms with E-state index in [9.17, 15) is 13.2 Å². The molecule has 2 atom stereocenters. The van der Waals surface area contributed by atoms with E-state index in [-0.39, 0.29) is 28.7 Å². The molecule has 0 saturated carbocycles. The standard InChI is InChI=1S/C13H12Cl2N2O3S2/c1-7(18)16-13-17(10-4-8(14)2-3-9(10)15)11-5-22(19,20)6-12(11)21-13/h2-4,11-12H,5-6H2,1H3/t11-,12+/m1/s1. The largest absolute Gasteiger partial charge is 0.314 e. The first-order valence-electron chi connectivity index (χ1n) is 6.47. The van der Waals surface area contributed by atoms with Crippen molar-refractivity contribution in [2.24, 2.45) is 4.99 Å². The maximum absolute atomic E-state index is 11.9. The Labute approximate surface area is 142 Å². The van der Waals surface area contributed by atoms with Gasteiger partial charge in [-0.15, -0.1) is 0 Å². The van der Waals surface area contributed by atoms with Crippen LogP contribution in [0, 0.1) is 0 Å². The van der Waals surface area contributed by atoms with Crippen LogP contribution in [-0.4, -0.2) is 42.3 Å². The lowest BCUT2D eigenvalue weighted by atomic mass is 10.2. The van der Waals surface area contributed by atoms with Crippen LogP contribution in [0.3, 0.4) is 0 Å². The molecule has 118 valence electrons. The van der Waals surface area contributed by atoms with Crippen LogP contribution in [0.25, 0.3) is 0 Å². The number of fused-ring (bicyclic) bond motifs is 1. The molecule has 0 bridgehead atoms. The molecule has 2 heterocycles. The molecule has 0 aliphatic carbocycles. The van der Waals surface area contributed by atoms with Gasteiger partial charge in [-0.2, -0.15) is 4.99 Å². The quantitative estimate of drug-likeness (QED) is 0.751. The fourth-order valence-corrected chi connectivity index (χ4v) is 6.98. The molecule has 9 heteroatoms. The molecule has 2 saturated heterocycles. The summed E-state index contributed by atoms with van der Waals surface area (Å²) in [5, 5.41) is 1.24. The number of halogens is 2. The molecule has 0 radical (unpaired) electrons. The maximum Gasteiger partial charge on any atom is 0.244 e. The minimum absolute atomic E-state index is 0.0183. The maximum atomic E-state index is 11.9. The van der Waals surface area contributed by atoms with Crippen LogP contribution in [0.2, 0.25) is 10.0 Å². The summed E-state index contributed by atoms with van der Waals surface area (Å²) in [6.45, 7) is 1.36. The molecular weight excluding hydrogens is 367 g/mol. The lowest BCUT2D eigenvalue weighted by Gasteiger charge is -2.25. The van der Waals surface area contributed by atoms with Crippen LogP contribution in [0.4, 0.5) is 5.69 Å². The van der Waals surface area contributed by atoms with E-state index in [1.165, 1.54) is 18.7 Å². The van der Waals surface area contributed by atoms with E-state index in [0.717, 1.165) is 0 Å². The van der Waals surface area contributed by atoms with Crippen LogP contribution < -0.4 is 4.90 Å². The van der Waals surface area contributed by atoms with E-state index < -0.39 is 9.84 Å². The first-order chi connectivity index (χ1) is 10.3. The molecule has 0 aromatic heterocycles. The van der Waals surface area contributed by atoms with Gasteiger partial charge in [-0.25, -0.2) is 8.42 Å². The van der Waals surface area contributed by atoms with Crippen molar-refractivity contribution >= 4 is 61.6 Å². The number of carbonyl (C=O) groups is 1. The van der Waals surface area contributed by atoms with Crippen LogP contribution >= 0.6 is 35.0 Å². The van der Waals surface area contributed by atoms with Crippen molar-refractivity contribution in [3.8, 4) is 0 Å². The van der Waals surface area contributed by atoms with E-state index in [2.05, 4.69) is 4.99 Å². The van der Waals surface area contributed by atoms with E-state index in [0.29, 0.717) is 20.9 Å². The number of anilines is 1. The number of aliphatic imine (C=N–C) groups is 1. The van der Waals surface area contributed by atoms with Gasteiger partial charge < -0.3 is 4.90 Å². The molecule has 0 unspecified atom stereocenters. The molecule has 0 N–H and O–H groups in total. The van der Waals surface area contributed by atoms with Gasteiger partial charge in [0.15, 0.2) is 15.0 Å². The monoisotopic (exact) mass is 378 g/mol. The van der Waals surface area contributed by atoms with Crippen LogP contribution in [0.15, 0.2) is 23.2 Å². The Balaban J connectivity index is 2.10. The Kier molecular flexibility index (Phi) is 4.18. The van der Waals surface area contributed by atoms with Crippen molar-refractivity contribution in [3.05, 3.63) is 28.2 Å². The van der Waals surface area contributed by atoms with Crippen molar-refractivity contribution in [1.82, 2.24) is 0 Å². The predicted octanol–water partition coefficient (Wildman–Crippen LogP) is 2.61. The summed E-state index contributed by atoms with van der Waals surface area (Å²) in [6, 6.07) is 4.67. The average molecular weight is 379 g/mol. The Bertz CT molecular complexity index is 779. The summed E-state index contributed by atoms with van der Waals surface area (Å²) in [6.07, 6.45) is 0. The zero-order valence-electron chi connectivity index (χ0n) is 11.5. The number of benzene rings is 1.